The summed E-state index contributed by atoms with van der Waals surface area (Å²) in [6.45, 7) is 2.21. The monoisotopic (exact) mass is 559 g/mol. The molecule has 3 aromatic heterocycles. The molecule has 1 aliphatic heterocycles. The van der Waals surface area contributed by atoms with Crippen LogP contribution in [0, 0.1) is 6.92 Å². The Labute approximate surface area is 242 Å². The summed E-state index contributed by atoms with van der Waals surface area (Å²) in [6, 6.07) is 25.9. The van der Waals surface area contributed by atoms with E-state index in [1.165, 1.54) is 0 Å². The molecule has 0 radical (unpaired) electrons. The second-order valence-electron chi connectivity index (χ2n) is 10.3. The largest absolute Gasteiger partial charge is 0.497 e. The van der Waals surface area contributed by atoms with E-state index >= 15 is 0 Å². The molecule has 0 amide bonds. The van der Waals surface area contributed by atoms with Gasteiger partial charge in [0.1, 0.15) is 24.4 Å². The second kappa shape index (κ2) is 10.2. The Hall–Kier alpha value is -5.38. The Morgan fingerprint density at radius 3 is 2.33 bits per heavy atom. The molecule has 6 aromatic rings. The molecule has 0 saturated heterocycles. The molecule has 0 saturated carbocycles. The van der Waals surface area contributed by atoms with Gasteiger partial charge in [-0.1, -0.05) is 30.3 Å². The summed E-state index contributed by atoms with van der Waals surface area (Å²) in [7, 11) is 5.70. The first-order valence-electron chi connectivity index (χ1n) is 13.6. The van der Waals surface area contributed by atoms with Gasteiger partial charge >= 0.3 is 0 Å². The number of benzene rings is 3. The number of fused-ring (bicyclic) bond motifs is 4. The van der Waals surface area contributed by atoms with Crippen LogP contribution in [0.15, 0.2) is 85.2 Å². The average molecular weight is 560 g/mol. The number of methoxy groups -OCH3 is 1. The third kappa shape index (κ3) is 4.37. The molecule has 4 heterocycles. The Balaban J connectivity index is 1.34. The molecule has 0 fully saturated rings. The van der Waals surface area contributed by atoms with E-state index in [4.69, 9.17) is 29.3 Å². The average Bonchev–Trinajstić information content (AvgIpc) is 3.60. The molecule has 42 heavy (non-hydrogen) atoms. The quantitative estimate of drug-likeness (QED) is 0.251. The van der Waals surface area contributed by atoms with Gasteiger partial charge in [0.05, 0.1) is 35.5 Å². The zero-order valence-electron chi connectivity index (χ0n) is 23.7. The van der Waals surface area contributed by atoms with Crippen molar-refractivity contribution < 1.29 is 14.2 Å². The van der Waals surface area contributed by atoms with Crippen LogP contribution < -0.4 is 19.1 Å². The summed E-state index contributed by atoms with van der Waals surface area (Å²) < 4.78 is 21.3. The number of anilines is 1. The van der Waals surface area contributed by atoms with Crippen LogP contribution in [0.3, 0.4) is 0 Å². The van der Waals surface area contributed by atoms with E-state index in [0.717, 1.165) is 39.5 Å². The van der Waals surface area contributed by atoms with E-state index in [9.17, 15) is 0 Å². The van der Waals surface area contributed by atoms with Crippen molar-refractivity contribution in [2.45, 2.75) is 19.4 Å². The highest BCUT2D eigenvalue weighted by Gasteiger charge is 2.38. The van der Waals surface area contributed by atoms with Crippen LogP contribution in [-0.4, -0.2) is 50.6 Å². The topological polar surface area (TPSA) is 91.8 Å². The standard InChI is InChI=1S/C32H29N7O3/c1-20-27-28(21-10-12-22(13-11-21)37(2)3)29-30-34-26(18-41-25-16-14-24(40-4)15-17-25)36-38(30)19-33-31(29)42-32(27)39(35-20)23-8-6-5-7-9-23/h5-17,19,28H,18H2,1-4H3. The first kappa shape index (κ1) is 25.6. The summed E-state index contributed by atoms with van der Waals surface area (Å²) in [5.74, 6) is 2.89. The van der Waals surface area contributed by atoms with Crippen molar-refractivity contribution in [3.8, 4) is 28.9 Å². The number of rotatable bonds is 7. The van der Waals surface area contributed by atoms with Crippen molar-refractivity contribution in [2.24, 2.45) is 0 Å². The second-order valence-corrected chi connectivity index (χ2v) is 10.3. The molecule has 0 spiro atoms. The molecule has 0 N–H and O–H groups in total. The first-order valence-corrected chi connectivity index (χ1v) is 13.6. The van der Waals surface area contributed by atoms with Gasteiger partial charge in [-0.05, 0) is 61.0 Å². The minimum absolute atomic E-state index is 0.196. The molecule has 0 aliphatic carbocycles. The van der Waals surface area contributed by atoms with E-state index in [1.54, 1.807) is 18.0 Å². The molecule has 7 rings (SSSR count). The van der Waals surface area contributed by atoms with Crippen LogP contribution in [-0.2, 0) is 6.61 Å². The lowest BCUT2D eigenvalue weighted by Gasteiger charge is -2.26. The Morgan fingerprint density at radius 1 is 0.881 bits per heavy atom. The SMILES string of the molecule is COc1ccc(OCc2nc3c4c(ncn3n2)Oc2c(c(C)nn2-c2ccccc2)C4c2ccc(N(C)C)cc2)cc1. The molecular formula is C32H29N7O3. The number of aryl methyl sites for hydroxylation is 1. The minimum Gasteiger partial charge on any atom is -0.497 e. The van der Waals surface area contributed by atoms with Gasteiger partial charge < -0.3 is 19.1 Å². The van der Waals surface area contributed by atoms with Crippen molar-refractivity contribution in [1.29, 1.82) is 0 Å². The molecule has 1 unspecified atom stereocenters. The highest BCUT2D eigenvalue weighted by atomic mass is 16.5. The van der Waals surface area contributed by atoms with Gasteiger partial charge in [-0.3, -0.25) is 0 Å². The predicted molar refractivity (Wildman–Crippen MR) is 158 cm³/mol. The van der Waals surface area contributed by atoms with Crippen molar-refractivity contribution in [1.82, 2.24) is 29.4 Å². The fraction of sp³-hybridized carbons (Fsp3) is 0.188. The zero-order valence-corrected chi connectivity index (χ0v) is 23.7. The molecular weight excluding hydrogens is 530 g/mol. The van der Waals surface area contributed by atoms with Crippen LogP contribution in [0.5, 0.6) is 23.3 Å². The summed E-state index contributed by atoms with van der Waals surface area (Å²) in [6.07, 6.45) is 1.63. The lowest BCUT2D eigenvalue weighted by molar-refractivity contribution is 0.295. The fourth-order valence-electron chi connectivity index (χ4n) is 5.35. The number of para-hydroxylation sites is 1. The van der Waals surface area contributed by atoms with Crippen LogP contribution >= 0.6 is 0 Å². The van der Waals surface area contributed by atoms with Crippen LogP contribution in [0.4, 0.5) is 5.69 Å². The van der Waals surface area contributed by atoms with E-state index in [1.807, 2.05) is 80.3 Å². The summed E-state index contributed by atoms with van der Waals surface area (Å²) in [5.41, 5.74) is 6.43. The minimum atomic E-state index is -0.229. The van der Waals surface area contributed by atoms with E-state index in [2.05, 4.69) is 34.3 Å². The van der Waals surface area contributed by atoms with Gasteiger partial charge in [-0.25, -0.2) is 19.2 Å². The van der Waals surface area contributed by atoms with E-state index < -0.39 is 0 Å². The smallest absolute Gasteiger partial charge is 0.230 e. The van der Waals surface area contributed by atoms with Crippen LogP contribution in [0.2, 0.25) is 0 Å². The van der Waals surface area contributed by atoms with Crippen molar-refractivity contribution in [2.75, 3.05) is 26.1 Å². The zero-order chi connectivity index (χ0) is 28.8. The van der Waals surface area contributed by atoms with Crippen LogP contribution in [0.25, 0.3) is 11.3 Å². The molecule has 10 nitrogen and oxygen atoms in total. The molecule has 10 heteroatoms. The maximum absolute atomic E-state index is 6.52. The maximum atomic E-state index is 6.52. The van der Waals surface area contributed by atoms with Gasteiger partial charge in [0.2, 0.25) is 11.8 Å². The summed E-state index contributed by atoms with van der Waals surface area (Å²) >= 11 is 0. The third-order valence-corrected chi connectivity index (χ3v) is 7.44. The summed E-state index contributed by atoms with van der Waals surface area (Å²) in [4.78, 5) is 11.7. The van der Waals surface area contributed by atoms with Gasteiger partial charge in [0, 0.05) is 19.8 Å². The molecule has 1 atom stereocenters. The van der Waals surface area contributed by atoms with E-state index in [-0.39, 0.29) is 12.5 Å². The third-order valence-electron chi connectivity index (χ3n) is 7.44. The lowest BCUT2D eigenvalue weighted by atomic mass is 9.84. The Morgan fingerprint density at radius 2 is 1.62 bits per heavy atom. The summed E-state index contributed by atoms with van der Waals surface area (Å²) in [5, 5.41) is 9.59. The molecule has 0 bridgehead atoms. The van der Waals surface area contributed by atoms with Crippen molar-refractivity contribution in [3.05, 3.63) is 113 Å². The normalized spacial score (nSPS) is 13.8. The van der Waals surface area contributed by atoms with Crippen molar-refractivity contribution >= 4 is 11.3 Å². The Bertz CT molecular complexity index is 1880. The van der Waals surface area contributed by atoms with Gasteiger partial charge in [0.25, 0.3) is 0 Å². The number of hydrogen-bond donors (Lipinski definition) is 0. The number of aromatic nitrogens is 6. The van der Waals surface area contributed by atoms with Gasteiger partial charge in [-0.15, -0.1) is 5.10 Å². The highest BCUT2D eigenvalue weighted by molar-refractivity contribution is 5.67. The fourth-order valence-corrected chi connectivity index (χ4v) is 5.35. The van der Waals surface area contributed by atoms with E-state index in [0.29, 0.717) is 29.0 Å². The van der Waals surface area contributed by atoms with Gasteiger partial charge in [0.15, 0.2) is 11.5 Å². The predicted octanol–water partition coefficient (Wildman–Crippen LogP) is 5.56. The molecule has 210 valence electrons. The van der Waals surface area contributed by atoms with Crippen molar-refractivity contribution in [3.63, 3.8) is 0 Å². The first-order chi connectivity index (χ1) is 20.5. The molecule has 1 aliphatic rings. The van der Waals surface area contributed by atoms with Gasteiger partial charge in [-0.2, -0.15) is 5.10 Å². The highest BCUT2D eigenvalue weighted by Crippen LogP contribution is 2.49. The number of ether oxygens (including phenoxy) is 3. The number of hydrogen-bond acceptors (Lipinski definition) is 8. The maximum Gasteiger partial charge on any atom is 0.230 e. The Kier molecular flexibility index (Phi) is 6.23. The molecule has 3 aromatic carbocycles. The van der Waals surface area contributed by atoms with Crippen LogP contribution in [0.1, 0.15) is 34.1 Å². The lowest BCUT2D eigenvalue weighted by Crippen LogP contribution is -2.16. The number of nitrogens with zero attached hydrogens (tertiary/aromatic N) is 7.